The van der Waals surface area contributed by atoms with E-state index >= 15 is 0 Å². The molecule has 1 aliphatic heterocycles. The van der Waals surface area contributed by atoms with E-state index in [0.29, 0.717) is 10.8 Å². The number of aromatic nitrogens is 1. The summed E-state index contributed by atoms with van der Waals surface area (Å²) in [6, 6.07) is 12.3. The quantitative estimate of drug-likeness (QED) is 0.747. The van der Waals surface area contributed by atoms with E-state index in [2.05, 4.69) is 9.88 Å². The Morgan fingerprint density at radius 2 is 1.76 bits per heavy atom. The van der Waals surface area contributed by atoms with Crippen LogP contribution in [0.25, 0.3) is 22.0 Å². The van der Waals surface area contributed by atoms with Crippen LogP contribution in [0.3, 0.4) is 0 Å². The standard InChI is InChI=1S/C19H15F3N2O/c20-19(21,22)16-5-2-1-4-14(16)17-10-12-6-7-13(24-8-3-9-24)11-15(12)18(25)23-17/h1-2,4-7,10-11H,3,8-9H2,(H,23,25). The monoisotopic (exact) mass is 344 g/mol. The Balaban J connectivity index is 1.86. The summed E-state index contributed by atoms with van der Waals surface area (Å²) < 4.78 is 39.7. The zero-order chi connectivity index (χ0) is 17.6. The molecule has 0 unspecified atom stereocenters. The maximum Gasteiger partial charge on any atom is 0.417 e. The predicted octanol–water partition coefficient (Wildman–Crippen LogP) is 4.42. The van der Waals surface area contributed by atoms with Crippen LogP contribution in [0.5, 0.6) is 0 Å². The molecule has 1 aliphatic rings. The van der Waals surface area contributed by atoms with Crippen LogP contribution < -0.4 is 10.5 Å². The number of nitrogens with zero attached hydrogens (tertiary/aromatic N) is 1. The highest BCUT2D eigenvalue weighted by atomic mass is 19.4. The van der Waals surface area contributed by atoms with Crippen LogP contribution in [0.1, 0.15) is 12.0 Å². The lowest BCUT2D eigenvalue weighted by atomic mass is 10.0. The molecule has 1 N–H and O–H groups in total. The number of hydrogen-bond donors (Lipinski definition) is 1. The predicted molar refractivity (Wildman–Crippen MR) is 91.8 cm³/mol. The fourth-order valence-electron chi connectivity index (χ4n) is 3.13. The van der Waals surface area contributed by atoms with Crippen molar-refractivity contribution in [3.8, 4) is 11.3 Å². The molecule has 1 aromatic heterocycles. The Kier molecular flexibility index (Phi) is 3.56. The lowest BCUT2D eigenvalue weighted by Crippen LogP contribution is -2.36. The molecular weight excluding hydrogens is 329 g/mol. The summed E-state index contributed by atoms with van der Waals surface area (Å²) in [5.74, 6) is 0. The summed E-state index contributed by atoms with van der Waals surface area (Å²) in [5.41, 5.74) is -0.0373. The van der Waals surface area contributed by atoms with Gasteiger partial charge in [0.05, 0.1) is 5.56 Å². The van der Waals surface area contributed by atoms with Gasteiger partial charge in [0.2, 0.25) is 0 Å². The number of aromatic amines is 1. The van der Waals surface area contributed by atoms with E-state index in [1.165, 1.54) is 18.2 Å². The molecule has 2 aromatic carbocycles. The number of hydrogen-bond acceptors (Lipinski definition) is 2. The second-order valence-corrected chi connectivity index (χ2v) is 6.17. The number of rotatable bonds is 2. The first kappa shape index (κ1) is 15.7. The Bertz CT molecular complexity index is 1000. The van der Waals surface area contributed by atoms with Gasteiger partial charge in [-0.3, -0.25) is 4.79 Å². The van der Waals surface area contributed by atoms with E-state index in [-0.39, 0.29) is 16.8 Å². The maximum atomic E-state index is 13.2. The Labute approximate surface area is 141 Å². The Morgan fingerprint density at radius 1 is 1.00 bits per heavy atom. The molecule has 0 atom stereocenters. The summed E-state index contributed by atoms with van der Waals surface area (Å²) in [5, 5.41) is 1.11. The van der Waals surface area contributed by atoms with Gasteiger partial charge >= 0.3 is 6.18 Å². The Morgan fingerprint density at radius 3 is 2.44 bits per heavy atom. The van der Waals surface area contributed by atoms with Crippen molar-refractivity contribution in [1.82, 2.24) is 4.98 Å². The molecule has 25 heavy (non-hydrogen) atoms. The second-order valence-electron chi connectivity index (χ2n) is 6.17. The van der Waals surface area contributed by atoms with Gasteiger partial charge < -0.3 is 9.88 Å². The largest absolute Gasteiger partial charge is 0.417 e. The summed E-state index contributed by atoms with van der Waals surface area (Å²) in [6.07, 6.45) is -3.36. The molecule has 1 fully saturated rings. The molecule has 2 heterocycles. The number of halogens is 3. The fraction of sp³-hybridized carbons (Fsp3) is 0.211. The van der Waals surface area contributed by atoms with Gasteiger partial charge in [0.15, 0.2) is 0 Å². The topological polar surface area (TPSA) is 36.1 Å². The van der Waals surface area contributed by atoms with Crippen LogP contribution in [0.4, 0.5) is 18.9 Å². The first-order chi connectivity index (χ1) is 11.9. The van der Waals surface area contributed by atoms with Crippen molar-refractivity contribution in [3.05, 3.63) is 64.4 Å². The van der Waals surface area contributed by atoms with E-state index in [0.717, 1.165) is 31.3 Å². The molecule has 0 saturated carbocycles. The first-order valence-corrected chi connectivity index (χ1v) is 8.02. The van der Waals surface area contributed by atoms with Gasteiger partial charge in [0.1, 0.15) is 0 Å². The van der Waals surface area contributed by atoms with Crippen LogP contribution in [0.2, 0.25) is 0 Å². The minimum atomic E-state index is -4.48. The van der Waals surface area contributed by atoms with Crippen molar-refractivity contribution in [1.29, 1.82) is 0 Å². The highest BCUT2D eigenvalue weighted by molar-refractivity contribution is 5.88. The van der Waals surface area contributed by atoms with Gasteiger partial charge in [-0.05, 0) is 36.1 Å². The van der Waals surface area contributed by atoms with E-state index in [1.807, 2.05) is 6.07 Å². The molecule has 0 bridgehead atoms. The molecule has 128 valence electrons. The molecule has 0 aliphatic carbocycles. The van der Waals surface area contributed by atoms with Crippen LogP contribution in [-0.4, -0.2) is 18.1 Å². The molecule has 6 heteroatoms. The minimum Gasteiger partial charge on any atom is -0.371 e. The van der Waals surface area contributed by atoms with Gasteiger partial charge in [-0.2, -0.15) is 13.2 Å². The van der Waals surface area contributed by atoms with Crippen molar-refractivity contribution < 1.29 is 13.2 Å². The van der Waals surface area contributed by atoms with E-state index in [1.54, 1.807) is 18.2 Å². The van der Waals surface area contributed by atoms with Crippen molar-refractivity contribution in [2.24, 2.45) is 0 Å². The number of benzene rings is 2. The number of nitrogens with one attached hydrogen (secondary N) is 1. The summed E-state index contributed by atoms with van der Waals surface area (Å²) >= 11 is 0. The van der Waals surface area contributed by atoms with Gasteiger partial charge in [-0.15, -0.1) is 0 Å². The molecule has 0 amide bonds. The molecule has 0 radical (unpaired) electrons. The minimum absolute atomic E-state index is 0.0270. The summed E-state index contributed by atoms with van der Waals surface area (Å²) in [7, 11) is 0. The highest BCUT2D eigenvalue weighted by Crippen LogP contribution is 2.36. The molecule has 3 nitrogen and oxygen atoms in total. The average Bonchev–Trinajstić information content (AvgIpc) is 2.53. The van der Waals surface area contributed by atoms with Gasteiger partial charge in [-0.25, -0.2) is 0 Å². The van der Waals surface area contributed by atoms with Crippen LogP contribution in [-0.2, 0) is 6.18 Å². The number of H-pyrrole nitrogens is 1. The van der Waals surface area contributed by atoms with Crippen molar-refractivity contribution in [2.75, 3.05) is 18.0 Å². The Hall–Kier alpha value is -2.76. The zero-order valence-electron chi connectivity index (χ0n) is 13.2. The number of anilines is 1. The number of fused-ring (bicyclic) bond motifs is 1. The van der Waals surface area contributed by atoms with Gasteiger partial charge in [-0.1, -0.05) is 24.3 Å². The highest BCUT2D eigenvalue weighted by Gasteiger charge is 2.33. The molecule has 4 rings (SSSR count). The SMILES string of the molecule is O=c1[nH]c(-c2ccccc2C(F)(F)F)cc2ccc(N3CCC3)cc12. The molecular formula is C19H15F3N2O. The van der Waals surface area contributed by atoms with E-state index in [9.17, 15) is 18.0 Å². The lowest BCUT2D eigenvalue weighted by Gasteiger charge is -2.33. The number of pyridine rings is 1. The summed E-state index contributed by atoms with van der Waals surface area (Å²) in [4.78, 5) is 17.2. The van der Waals surface area contributed by atoms with Gasteiger partial charge in [0, 0.05) is 35.4 Å². The normalized spacial score (nSPS) is 14.6. The fourth-order valence-corrected chi connectivity index (χ4v) is 3.13. The van der Waals surface area contributed by atoms with E-state index in [4.69, 9.17) is 0 Å². The van der Waals surface area contributed by atoms with Crippen LogP contribution in [0.15, 0.2) is 53.3 Å². The smallest absolute Gasteiger partial charge is 0.371 e. The third-order valence-corrected chi connectivity index (χ3v) is 4.57. The van der Waals surface area contributed by atoms with Crippen molar-refractivity contribution in [3.63, 3.8) is 0 Å². The average molecular weight is 344 g/mol. The maximum absolute atomic E-state index is 13.2. The molecule has 0 spiro atoms. The second kappa shape index (κ2) is 5.65. The molecule has 1 saturated heterocycles. The summed E-state index contributed by atoms with van der Waals surface area (Å²) in [6.45, 7) is 1.92. The van der Waals surface area contributed by atoms with E-state index < -0.39 is 11.7 Å². The third kappa shape index (κ3) is 2.77. The third-order valence-electron chi connectivity index (χ3n) is 4.57. The van der Waals surface area contributed by atoms with Crippen molar-refractivity contribution >= 4 is 16.5 Å². The molecule has 3 aromatic rings. The first-order valence-electron chi connectivity index (χ1n) is 8.02. The van der Waals surface area contributed by atoms with Crippen LogP contribution >= 0.6 is 0 Å². The number of alkyl halides is 3. The zero-order valence-corrected chi connectivity index (χ0v) is 13.2. The lowest BCUT2D eigenvalue weighted by molar-refractivity contribution is -0.137. The van der Waals surface area contributed by atoms with Crippen molar-refractivity contribution in [2.45, 2.75) is 12.6 Å². The van der Waals surface area contributed by atoms with Gasteiger partial charge in [0.25, 0.3) is 5.56 Å². The van der Waals surface area contributed by atoms with Crippen LogP contribution in [0, 0.1) is 0 Å².